The van der Waals surface area contributed by atoms with Crippen molar-refractivity contribution in [1.82, 2.24) is 5.32 Å². The summed E-state index contributed by atoms with van der Waals surface area (Å²) in [6, 6.07) is 0.719. The van der Waals surface area contributed by atoms with Crippen molar-refractivity contribution >= 4 is 0 Å². The summed E-state index contributed by atoms with van der Waals surface area (Å²) in [5.74, 6) is 0.851. The van der Waals surface area contributed by atoms with E-state index in [4.69, 9.17) is 4.74 Å². The molecule has 2 rings (SSSR count). The highest BCUT2D eigenvalue weighted by Gasteiger charge is 2.43. The summed E-state index contributed by atoms with van der Waals surface area (Å²) in [4.78, 5) is 0. The van der Waals surface area contributed by atoms with Gasteiger partial charge in [0.25, 0.3) is 0 Å². The average Bonchev–Trinajstić information content (AvgIpc) is 2.24. The highest BCUT2D eigenvalue weighted by Crippen LogP contribution is 2.45. The van der Waals surface area contributed by atoms with Gasteiger partial charge in [-0.1, -0.05) is 13.8 Å². The molecule has 2 unspecified atom stereocenters. The van der Waals surface area contributed by atoms with Crippen LogP contribution < -0.4 is 5.32 Å². The molecule has 2 heteroatoms. The third kappa shape index (κ3) is 2.36. The third-order valence-electron chi connectivity index (χ3n) is 4.27. The fourth-order valence-corrected chi connectivity index (χ4v) is 3.24. The van der Waals surface area contributed by atoms with Crippen molar-refractivity contribution < 1.29 is 4.74 Å². The molecular formula is C13H25NO. The molecule has 0 aromatic carbocycles. The molecule has 2 fully saturated rings. The number of hydrogen-bond donors (Lipinski definition) is 1. The van der Waals surface area contributed by atoms with Gasteiger partial charge in [0.2, 0.25) is 0 Å². The van der Waals surface area contributed by atoms with E-state index in [9.17, 15) is 0 Å². The Morgan fingerprint density at radius 1 is 1.40 bits per heavy atom. The largest absolute Gasteiger partial charge is 0.375 e. The van der Waals surface area contributed by atoms with Crippen LogP contribution in [0.2, 0.25) is 0 Å². The molecular weight excluding hydrogens is 186 g/mol. The van der Waals surface area contributed by atoms with Gasteiger partial charge in [-0.15, -0.1) is 0 Å². The van der Waals surface area contributed by atoms with E-state index in [0.29, 0.717) is 5.60 Å². The van der Waals surface area contributed by atoms with E-state index in [2.05, 4.69) is 19.2 Å². The second-order valence-corrected chi connectivity index (χ2v) is 5.21. The molecule has 1 aliphatic heterocycles. The fraction of sp³-hybridized carbons (Fsp3) is 1.00. The molecule has 0 amide bonds. The van der Waals surface area contributed by atoms with Crippen LogP contribution in [0.1, 0.15) is 52.4 Å². The van der Waals surface area contributed by atoms with Crippen LogP contribution in [0.15, 0.2) is 0 Å². The maximum Gasteiger partial charge on any atom is 0.0685 e. The standard InChI is InChI=1S/C13H25NO/c1-3-12(14-4-2)11-6-9-15-13(10-11)7-5-8-13/h11-12,14H,3-10H2,1-2H3. The maximum absolute atomic E-state index is 5.98. The van der Waals surface area contributed by atoms with Crippen molar-refractivity contribution in [3.05, 3.63) is 0 Å². The van der Waals surface area contributed by atoms with Gasteiger partial charge in [0.1, 0.15) is 0 Å². The van der Waals surface area contributed by atoms with Crippen LogP contribution in [-0.4, -0.2) is 24.8 Å². The Bertz CT molecular complexity index is 201. The Labute approximate surface area is 93.8 Å². The van der Waals surface area contributed by atoms with Gasteiger partial charge < -0.3 is 10.1 Å². The van der Waals surface area contributed by atoms with Crippen molar-refractivity contribution in [2.75, 3.05) is 13.2 Å². The summed E-state index contributed by atoms with van der Waals surface area (Å²) in [5, 5.41) is 3.63. The molecule has 0 aromatic rings. The molecule has 2 aliphatic rings. The average molecular weight is 211 g/mol. The zero-order valence-electron chi connectivity index (χ0n) is 10.2. The molecule has 2 nitrogen and oxygen atoms in total. The first-order valence-electron chi connectivity index (χ1n) is 6.67. The Hall–Kier alpha value is -0.0800. The predicted molar refractivity (Wildman–Crippen MR) is 63.0 cm³/mol. The third-order valence-corrected chi connectivity index (χ3v) is 4.27. The van der Waals surface area contributed by atoms with Crippen molar-refractivity contribution in [3.8, 4) is 0 Å². The first-order valence-corrected chi connectivity index (χ1v) is 6.67. The molecule has 0 bridgehead atoms. The normalized spacial score (nSPS) is 31.2. The molecule has 1 N–H and O–H groups in total. The van der Waals surface area contributed by atoms with Gasteiger partial charge in [-0.2, -0.15) is 0 Å². The van der Waals surface area contributed by atoms with E-state index in [1.54, 1.807) is 0 Å². The van der Waals surface area contributed by atoms with Gasteiger partial charge in [0, 0.05) is 12.6 Å². The molecule has 0 aromatic heterocycles. The lowest BCUT2D eigenvalue weighted by Crippen LogP contribution is -2.50. The van der Waals surface area contributed by atoms with E-state index in [-0.39, 0.29) is 0 Å². The molecule has 1 spiro atoms. The Morgan fingerprint density at radius 3 is 2.73 bits per heavy atom. The summed E-state index contributed by atoms with van der Waals surface area (Å²) in [7, 11) is 0. The van der Waals surface area contributed by atoms with Gasteiger partial charge in [0.15, 0.2) is 0 Å². The second-order valence-electron chi connectivity index (χ2n) is 5.21. The predicted octanol–water partition coefficient (Wildman–Crippen LogP) is 2.72. The van der Waals surface area contributed by atoms with Crippen LogP contribution in [0.25, 0.3) is 0 Å². The van der Waals surface area contributed by atoms with Crippen LogP contribution in [0.3, 0.4) is 0 Å². The van der Waals surface area contributed by atoms with Crippen molar-refractivity contribution in [2.45, 2.75) is 64.0 Å². The molecule has 88 valence electrons. The van der Waals surface area contributed by atoms with E-state index in [1.165, 1.54) is 38.5 Å². The van der Waals surface area contributed by atoms with Crippen molar-refractivity contribution in [2.24, 2.45) is 5.92 Å². The van der Waals surface area contributed by atoms with Gasteiger partial charge >= 0.3 is 0 Å². The molecule has 1 heterocycles. The van der Waals surface area contributed by atoms with Crippen LogP contribution in [-0.2, 0) is 4.74 Å². The van der Waals surface area contributed by atoms with Crippen LogP contribution >= 0.6 is 0 Å². The van der Waals surface area contributed by atoms with Gasteiger partial charge in [-0.3, -0.25) is 0 Å². The van der Waals surface area contributed by atoms with E-state index in [1.807, 2.05) is 0 Å². The lowest BCUT2D eigenvalue weighted by atomic mass is 9.70. The number of hydrogen-bond acceptors (Lipinski definition) is 2. The summed E-state index contributed by atoms with van der Waals surface area (Å²) in [6.45, 7) is 6.60. The Kier molecular flexibility index (Phi) is 3.68. The SMILES string of the molecule is CCNC(CC)C1CCOC2(CCC2)C1. The summed E-state index contributed by atoms with van der Waals surface area (Å²) in [6.07, 6.45) is 7.82. The molecule has 1 aliphatic carbocycles. The lowest BCUT2D eigenvalue weighted by Gasteiger charge is -2.48. The lowest BCUT2D eigenvalue weighted by molar-refractivity contribution is -0.147. The Balaban J connectivity index is 1.90. The van der Waals surface area contributed by atoms with E-state index in [0.717, 1.165) is 25.1 Å². The maximum atomic E-state index is 5.98. The summed E-state index contributed by atoms with van der Waals surface area (Å²) >= 11 is 0. The highest BCUT2D eigenvalue weighted by atomic mass is 16.5. The number of rotatable bonds is 4. The smallest absolute Gasteiger partial charge is 0.0685 e. The number of ether oxygens (including phenoxy) is 1. The zero-order valence-corrected chi connectivity index (χ0v) is 10.2. The fourth-order valence-electron chi connectivity index (χ4n) is 3.24. The second kappa shape index (κ2) is 4.84. The van der Waals surface area contributed by atoms with Crippen molar-refractivity contribution in [1.29, 1.82) is 0 Å². The first kappa shape index (κ1) is 11.4. The van der Waals surface area contributed by atoms with E-state index >= 15 is 0 Å². The molecule has 15 heavy (non-hydrogen) atoms. The molecule has 0 radical (unpaired) electrons. The quantitative estimate of drug-likeness (QED) is 0.772. The van der Waals surface area contributed by atoms with Gasteiger partial charge in [-0.05, 0) is 51.0 Å². The zero-order chi connectivity index (χ0) is 10.7. The summed E-state index contributed by atoms with van der Waals surface area (Å²) < 4.78 is 5.98. The van der Waals surface area contributed by atoms with Crippen LogP contribution in [0, 0.1) is 5.92 Å². The minimum atomic E-state index is 0.311. The topological polar surface area (TPSA) is 21.3 Å². The monoisotopic (exact) mass is 211 g/mol. The van der Waals surface area contributed by atoms with Gasteiger partial charge in [-0.25, -0.2) is 0 Å². The minimum absolute atomic E-state index is 0.311. The van der Waals surface area contributed by atoms with Crippen molar-refractivity contribution in [3.63, 3.8) is 0 Å². The van der Waals surface area contributed by atoms with E-state index < -0.39 is 0 Å². The van der Waals surface area contributed by atoms with Crippen LogP contribution in [0.4, 0.5) is 0 Å². The van der Waals surface area contributed by atoms with Crippen LogP contribution in [0.5, 0.6) is 0 Å². The number of nitrogens with one attached hydrogen (secondary N) is 1. The highest BCUT2D eigenvalue weighted by molar-refractivity contribution is 4.96. The first-order chi connectivity index (χ1) is 7.29. The minimum Gasteiger partial charge on any atom is -0.375 e. The Morgan fingerprint density at radius 2 is 2.20 bits per heavy atom. The van der Waals surface area contributed by atoms with Gasteiger partial charge in [0.05, 0.1) is 5.60 Å². The molecule has 1 saturated carbocycles. The molecule has 2 atom stereocenters. The summed E-state index contributed by atoms with van der Waals surface area (Å²) in [5.41, 5.74) is 0.311. The molecule has 1 saturated heterocycles.